The number of anilines is 1. The molecule has 0 spiro atoms. The van der Waals surface area contributed by atoms with E-state index in [0.717, 1.165) is 15.4 Å². The van der Waals surface area contributed by atoms with Gasteiger partial charge in [-0.15, -0.1) is 0 Å². The highest BCUT2D eigenvalue weighted by Crippen LogP contribution is 2.33. The van der Waals surface area contributed by atoms with Crippen molar-refractivity contribution in [2.24, 2.45) is 0 Å². The molecule has 0 fully saturated rings. The third kappa shape index (κ3) is 8.60. The summed E-state index contributed by atoms with van der Waals surface area (Å²) in [5.41, 5.74) is 2.53. The molecule has 0 aliphatic heterocycles. The molecule has 242 valence electrons. The quantitative estimate of drug-likeness (QED) is 0.160. The number of amides is 2. The Morgan fingerprint density at radius 2 is 1.52 bits per heavy atom. The number of hydrogen-bond acceptors (Lipinski definition) is 5. The second-order valence-corrected chi connectivity index (χ2v) is 13.3. The van der Waals surface area contributed by atoms with Crippen LogP contribution in [0.5, 0.6) is 5.75 Å². The maximum absolute atomic E-state index is 14.6. The van der Waals surface area contributed by atoms with Crippen LogP contribution in [0.25, 0.3) is 0 Å². The molecule has 1 N–H and O–H groups in total. The number of para-hydroxylation sites is 2. The van der Waals surface area contributed by atoms with Crippen molar-refractivity contribution in [1.29, 1.82) is 0 Å². The van der Waals surface area contributed by atoms with Crippen molar-refractivity contribution >= 4 is 50.7 Å². The Kier molecular flexibility index (Phi) is 12.1. The Morgan fingerprint density at radius 1 is 0.848 bits per heavy atom. The molecule has 2 amide bonds. The first-order valence-electron chi connectivity index (χ1n) is 14.9. The number of halogens is 2. The lowest BCUT2D eigenvalue weighted by atomic mass is 10.0. The molecule has 8 nitrogen and oxygen atoms in total. The van der Waals surface area contributed by atoms with Gasteiger partial charge in [0.25, 0.3) is 10.0 Å². The second kappa shape index (κ2) is 16.0. The fourth-order valence-electron chi connectivity index (χ4n) is 4.97. The first-order valence-corrected chi connectivity index (χ1v) is 17.1. The topological polar surface area (TPSA) is 96.0 Å². The SMILES string of the molecule is CCNC(=O)[C@H](Cc1ccccc1)N(Cc1ccc(Cl)c(Cl)c1)C(=O)CN(c1ccccc1OCC)S(=O)(=O)c1ccc(C)cc1. The van der Waals surface area contributed by atoms with Gasteiger partial charge in [-0.1, -0.05) is 89.4 Å². The van der Waals surface area contributed by atoms with Gasteiger partial charge < -0.3 is 15.0 Å². The summed E-state index contributed by atoms with van der Waals surface area (Å²) in [6, 6.07) is 26.4. The average Bonchev–Trinajstić information content (AvgIpc) is 3.04. The molecule has 4 aromatic carbocycles. The van der Waals surface area contributed by atoms with Gasteiger partial charge in [-0.3, -0.25) is 13.9 Å². The summed E-state index contributed by atoms with van der Waals surface area (Å²) in [4.78, 5) is 29.6. The van der Waals surface area contributed by atoms with Crippen molar-refractivity contribution in [3.8, 4) is 5.75 Å². The molecule has 0 saturated heterocycles. The molecule has 0 unspecified atom stereocenters. The average molecular weight is 683 g/mol. The highest BCUT2D eigenvalue weighted by Gasteiger charge is 2.35. The maximum atomic E-state index is 14.6. The molecule has 0 aliphatic rings. The number of sulfonamides is 1. The summed E-state index contributed by atoms with van der Waals surface area (Å²) < 4.78 is 35.4. The Morgan fingerprint density at radius 3 is 2.17 bits per heavy atom. The second-order valence-electron chi connectivity index (χ2n) is 10.6. The molecule has 1 atom stereocenters. The van der Waals surface area contributed by atoms with E-state index in [-0.39, 0.29) is 36.1 Å². The van der Waals surface area contributed by atoms with Crippen LogP contribution in [0.3, 0.4) is 0 Å². The largest absolute Gasteiger partial charge is 0.492 e. The van der Waals surface area contributed by atoms with E-state index in [9.17, 15) is 18.0 Å². The van der Waals surface area contributed by atoms with Crippen LogP contribution in [-0.4, -0.2) is 50.9 Å². The number of nitrogens with one attached hydrogen (secondary N) is 1. The van der Waals surface area contributed by atoms with E-state index in [4.69, 9.17) is 27.9 Å². The van der Waals surface area contributed by atoms with Crippen molar-refractivity contribution in [2.45, 2.75) is 44.7 Å². The van der Waals surface area contributed by atoms with Crippen LogP contribution in [0.2, 0.25) is 10.0 Å². The molecule has 4 aromatic rings. The van der Waals surface area contributed by atoms with Gasteiger partial charge in [-0.2, -0.15) is 0 Å². The van der Waals surface area contributed by atoms with Gasteiger partial charge in [0.05, 0.1) is 27.2 Å². The van der Waals surface area contributed by atoms with Crippen molar-refractivity contribution in [3.05, 3.63) is 124 Å². The molecular formula is C35H37Cl2N3O5S. The fraction of sp³-hybridized carbons (Fsp3) is 0.257. The number of aryl methyl sites for hydroxylation is 1. The Labute approximate surface area is 280 Å². The summed E-state index contributed by atoms with van der Waals surface area (Å²) >= 11 is 12.5. The van der Waals surface area contributed by atoms with Crippen LogP contribution in [0.4, 0.5) is 5.69 Å². The first kappa shape index (κ1) is 34.8. The summed E-state index contributed by atoms with van der Waals surface area (Å²) in [5, 5.41) is 3.48. The third-order valence-corrected chi connectivity index (χ3v) is 9.79. The lowest BCUT2D eigenvalue weighted by Gasteiger charge is -2.34. The predicted molar refractivity (Wildman–Crippen MR) is 183 cm³/mol. The number of hydrogen-bond donors (Lipinski definition) is 1. The molecule has 0 heterocycles. The summed E-state index contributed by atoms with van der Waals surface area (Å²) in [7, 11) is -4.27. The van der Waals surface area contributed by atoms with E-state index in [2.05, 4.69) is 5.32 Å². The van der Waals surface area contributed by atoms with Gasteiger partial charge in [0, 0.05) is 19.5 Å². The van der Waals surface area contributed by atoms with Gasteiger partial charge in [0.1, 0.15) is 18.3 Å². The molecule has 4 rings (SSSR count). The lowest BCUT2D eigenvalue weighted by Crippen LogP contribution is -2.53. The predicted octanol–water partition coefficient (Wildman–Crippen LogP) is 6.67. The zero-order valence-electron chi connectivity index (χ0n) is 26.0. The summed E-state index contributed by atoms with van der Waals surface area (Å²) in [5.74, 6) is -0.670. The van der Waals surface area contributed by atoms with Gasteiger partial charge in [-0.05, 0) is 68.3 Å². The third-order valence-electron chi connectivity index (χ3n) is 7.28. The van der Waals surface area contributed by atoms with Crippen LogP contribution in [-0.2, 0) is 32.6 Å². The number of likely N-dealkylation sites (N-methyl/N-ethyl adjacent to an activating group) is 1. The summed E-state index contributed by atoms with van der Waals surface area (Å²) in [6.07, 6.45) is 0.194. The number of rotatable bonds is 14. The number of ether oxygens (including phenoxy) is 1. The van der Waals surface area contributed by atoms with E-state index in [1.807, 2.05) is 37.3 Å². The van der Waals surface area contributed by atoms with E-state index < -0.39 is 28.5 Å². The molecule has 0 radical (unpaired) electrons. The lowest BCUT2D eigenvalue weighted by molar-refractivity contribution is -0.140. The van der Waals surface area contributed by atoms with Crippen molar-refractivity contribution in [2.75, 3.05) is 24.0 Å². The smallest absolute Gasteiger partial charge is 0.264 e. The molecule has 0 aliphatic carbocycles. The Hall–Kier alpha value is -4.05. The number of carbonyl (C=O) groups excluding carboxylic acids is 2. The van der Waals surface area contributed by atoms with Crippen molar-refractivity contribution < 1.29 is 22.7 Å². The maximum Gasteiger partial charge on any atom is 0.264 e. The Balaban J connectivity index is 1.84. The minimum absolute atomic E-state index is 0.0118. The van der Waals surface area contributed by atoms with E-state index in [1.165, 1.54) is 17.0 Å². The zero-order chi connectivity index (χ0) is 33.3. The minimum Gasteiger partial charge on any atom is -0.492 e. The molecular weight excluding hydrogens is 645 g/mol. The van der Waals surface area contributed by atoms with Gasteiger partial charge in [-0.25, -0.2) is 8.42 Å². The molecule has 11 heteroatoms. The normalized spacial score (nSPS) is 11.8. The van der Waals surface area contributed by atoms with Crippen LogP contribution < -0.4 is 14.4 Å². The minimum atomic E-state index is -4.27. The van der Waals surface area contributed by atoms with Crippen molar-refractivity contribution in [3.63, 3.8) is 0 Å². The standard InChI is InChI=1S/C35H37Cl2N3O5S/c1-4-38-35(42)32(22-26-11-7-6-8-12-26)39(23-27-17-20-29(36)30(37)21-27)34(41)24-40(31-13-9-10-14-33(31)45-5-2)46(43,44)28-18-15-25(3)16-19-28/h6-21,32H,4-5,22-24H2,1-3H3,(H,38,42)/t32-/m0/s1. The highest BCUT2D eigenvalue weighted by molar-refractivity contribution is 7.92. The monoisotopic (exact) mass is 681 g/mol. The van der Waals surface area contributed by atoms with E-state index >= 15 is 0 Å². The van der Waals surface area contributed by atoms with Gasteiger partial charge in [0.2, 0.25) is 11.8 Å². The van der Waals surface area contributed by atoms with E-state index in [0.29, 0.717) is 27.9 Å². The summed E-state index contributed by atoms with van der Waals surface area (Å²) in [6.45, 7) is 5.43. The van der Waals surface area contributed by atoms with Crippen LogP contribution in [0.15, 0.2) is 102 Å². The van der Waals surface area contributed by atoms with E-state index in [1.54, 1.807) is 68.4 Å². The number of benzene rings is 4. The van der Waals surface area contributed by atoms with Gasteiger partial charge in [0.15, 0.2) is 0 Å². The first-order chi connectivity index (χ1) is 22.0. The molecule has 46 heavy (non-hydrogen) atoms. The number of nitrogens with zero attached hydrogens (tertiary/aromatic N) is 2. The number of carbonyl (C=O) groups is 2. The van der Waals surface area contributed by atoms with Crippen LogP contribution in [0, 0.1) is 6.92 Å². The fourth-order valence-corrected chi connectivity index (χ4v) is 6.72. The zero-order valence-corrected chi connectivity index (χ0v) is 28.3. The molecule has 0 bridgehead atoms. The Bertz CT molecular complexity index is 1750. The van der Waals surface area contributed by atoms with Gasteiger partial charge >= 0.3 is 0 Å². The van der Waals surface area contributed by atoms with Crippen LogP contribution >= 0.6 is 23.2 Å². The van der Waals surface area contributed by atoms with Crippen LogP contribution in [0.1, 0.15) is 30.5 Å². The highest BCUT2D eigenvalue weighted by atomic mass is 35.5. The molecule has 0 saturated carbocycles. The van der Waals surface area contributed by atoms with Crippen molar-refractivity contribution in [1.82, 2.24) is 10.2 Å². The molecule has 0 aromatic heterocycles.